The van der Waals surface area contributed by atoms with Crippen LogP contribution >= 0.6 is 0 Å². The largest absolute Gasteiger partial charge is 0.495 e. The van der Waals surface area contributed by atoms with Gasteiger partial charge in [-0.15, -0.1) is 5.06 Å². The number of likely N-dealkylation sites (N-methyl/N-ethyl adjacent to an activating group) is 1. The molecule has 1 aliphatic rings. The first-order chi connectivity index (χ1) is 12.3. The zero-order chi connectivity index (χ0) is 18.9. The van der Waals surface area contributed by atoms with E-state index in [-0.39, 0.29) is 10.6 Å². The number of methoxy groups -OCH3 is 1. The van der Waals surface area contributed by atoms with Crippen molar-refractivity contribution in [2.24, 2.45) is 0 Å². The Morgan fingerprint density at radius 1 is 1.19 bits per heavy atom. The highest BCUT2D eigenvalue weighted by molar-refractivity contribution is 7.86. The second kappa shape index (κ2) is 6.79. The van der Waals surface area contributed by atoms with Gasteiger partial charge in [0.25, 0.3) is 10.1 Å². The van der Waals surface area contributed by atoms with Gasteiger partial charge in [-0.25, -0.2) is 0 Å². The molecule has 0 saturated heterocycles. The maximum atomic E-state index is 11.6. The number of benzene rings is 2. The number of fused-ring (bicyclic) bond motifs is 1. The monoisotopic (exact) mass is 379 g/mol. The molecule has 0 radical (unpaired) electrons. The summed E-state index contributed by atoms with van der Waals surface area (Å²) in [6, 6.07) is 12.0. The van der Waals surface area contributed by atoms with E-state index in [1.165, 1.54) is 19.2 Å². The van der Waals surface area contributed by atoms with Gasteiger partial charge >= 0.3 is 0 Å². The van der Waals surface area contributed by atoms with E-state index in [1.54, 1.807) is 11.1 Å². The highest BCUT2D eigenvalue weighted by Crippen LogP contribution is 2.39. The van der Waals surface area contributed by atoms with Crippen molar-refractivity contribution in [3.8, 4) is 17.2 Å². The Morgan fingerprint density at radius 2 is 1.88 bits per heavy atom. The van der Waals surface area contributed by atoms with Gasteiger partial charge in [-0.05, 0) is 43.7 Å². The summed E-state index contributed by atoms with van der Waals surface area (Å²) in [5.74, 6) is 1.32. The van der Waals surface area contributed by atoms with Crippen LogP contribution in [0.25, 0.3) is 0 Å². The summed E-state index contributed by atoms with van der Waals surface area (Å²) in [5.41, 5.74) is -0.198. The van der Waals surface area contributed by atoms with Gasteiger partial charge < -0.3 is 14.3 Å². The first-order valence-corrected chi connectivity index (χ1v) is 9.59. The molecule has 0 fully saturated rings. The summed E-state index contributed by atoms with van der Waals surface area (Å²) >= 11 is 0. The normalized spacial score (nSPS) is 20.0. The van der Waals surface area contributed by atoms with Crippen molar-refractivity contribution in [2.75, 3.05) is 13.7 Å². The van der Waals surface area contributed by atoms with Crippen molar-refractivity contribution in [3.63, 3.8) is 0 Å². The molecule has 7 nitrogen and oxygen atoms in total. The summed E-state index contributed by atoms with van der Waals surface area (Å²) in [7, 11) is -3.06. The Balaban J connectivity index is 1.97. The van der Waals surface area contributed by atoms with Crippen LogP contribution in [0.2, 0.25) is 0 Å². The number of hydrogen-bond acceptors (Lipinski definition) is 6. The predicted molar refractivity (Wildman–Crippen MR) is 95.0 cm³/mol. The summed E-state index contributed by atoms with van der Waals surface area (Å²) in [5, 5.41) is 1.70. The minimum Gasteiger partial charge on any atom is -0.495 e. The van der Waals surface area contributed by atoms with E-state index < -0.39 is 15.8 Å². The zero-order valence-corrected chi connectivity index (χ0v) is 15.6. The molecule has 0 aliphatic carbocycles. The molecule has 1 aliphatic heterocycles. The van der Waals surface area contributed by atoms with E-state index in [9.17, 15) is 13.0 Å². The minimum atomic E-state index is -4.41. The van der Waals surface area contributed by atoms with Gasteiger partial charge in [0.1, 0.15) is 10.6 Å². The lowest BCUT2D eigenvalue weighted by Crippen LogP contribution is -2.56. The van der Waals surface area contributed by atoms with Gasteiger partial charge in [-0.1, -0.05) is 18.2 Å². The summed E-state index contributed by atoms with van der Waals surface area (Å²) in [4.78, 5) is 5.65. The van der Waals surface area contributed by atoms with Crippen molar-refractivity contribution in [2.45, 2.75) is 30.9 Å². The molecule has 8 heteroatoms. The summed E-state index contributed by atoms with van der Waals surface area (Å²) in [6.45, 7) is 4.36. The van der Waals surface area contributed by atoms with Crippen LogP contribution in [0.4, 0.5) is 0 Å². The first-order valence-electron chi connectivity index (χ1n) is 8.15. The Bertz CT molecular complexity index is 914. The molecule has 0 spiro atoms. The Labute approximate surface area is 152 Å². The van der Waals surface area contributed by atoms with Crippen LogP contribution < -0.4 is 14.3 Å². The maximum Gasteiger partial charge on any atom is 0.298 e. The van der Waals surface area contributed by atoms with Crippen molar-refractivity contribution in [1.29, 1.82) is 0 Å². The van der Waals surface area contributed by atoms with E-state index in [1.807, 2.05) is 38.1 Å². The fourth-order valence-corrected chi connectivity index (χ4v) is 3.75. The number of para-hydroxylation sites is 2. The number of rotatable bonds is 5. The smallest absolute Gasteiger partial charge is 0.298 e. The lowest BCUT2D eigenvalue weighted by molar-refractivity contribution is -0.236. The first kappa shape index (κ1) is 18.5. The van der Waals surface area contributed by atoms with Gasteiger partial charge in [-0.3, -0.25) is 4.55 Å². The van der Waals surface area contributed by atoms with Crippen LogP contribution in [0.15, 0.2) is 47.4 Å². The van der Waals surface area contributed by atoms with Gasteiger partial charge in [0.2, 0.25) is 0 Å². The van der Waals surface area contributed by atoms with Crippen molar-refractivity contribution in [1.82, 2.24) is 5.06 Å². The van der Waals surface area contributed by atoms with Gasteiger partial charge in [0.05, 0.1) is 7.11 Å². The average Bonchev–Trinajstić information content (AvgIpc) is 2.60. The second-order valence-corrected chi connectivity index (χ2v) is 7.54. The molecule has 0 bridgehead atoms. The predicted octanol–water partition coefficient (Wildman–Crippen LogP) is 2.91. The third kappa shape index (κ3) is 3.48. The second-order valence-electron chi connectivity index (χ2n) is 6.15. The van der Waals surface area contributed by atoms with Crippen LogP contribution in [0.3, 0.4) is 0 Å². The number of nitrogens with zero attached hydrogens (tertiary/aromatic N) is 1. The van der Waals surface area contributed by atoms with Crippen molar-refractivity contribution >= 4 is 10.1 Å². The van der Waals surface area contributed by atoms with Crippen molar-refractivity contribution in [3.05, 3.63) is 48.0 Å². The standard InChI is InChI=1S/C18H21NO6S/c1-4-19-18(2,24-14-7-5-6-8-15(14)25-19)12-13-9-10-16(23-3)17(11-13)26(20,21)22/h5-11H,4,12H2,1-3H3,(H,20,21,22)/t18-/m1/s1. The van der Waals surface area contributed by atoms with Crippen LogP contribution in [-0.4, -0.2) is 37.4 Å². The van der Waals surface area contributed by atoms with E-state index in [4.69, 9.17) is 14.3 Å². The number of ether oxygens (including phenoxy) is 2. The molecular formula is C18H21NO6S. The average molecular weight is 379 g/mol. The number of hydrogen-bond donors (Lipinski definition) is 1. The van der Waals surface area contributed by atoms with Crippen LogP contribution in [0.1, 0.15) is 19.4 Å². The van der Waals surface area contributed by atoms with E-state index in [0.717, 1.165) is 0 Å². The number of hydroxylamine groups is 2. The van der Waals surface area contributed by atoms with Gasteiger partial charge in [-0.2, -0.15) is 8.42 Å². The lowest BCUT2D eigenvalue weighted by Gasteiger charge is -2.43. The van der Waals surface area contributed by atoms with Crippen LogP contribution in [0, 0.1) is 0 Å². The highest BCUT2D eigenvalue weighted by Gasteiger charge is 2.40. The molecule has 1 N–H and O–H groups in total. The summed E-state index contributed by atoms with van der Waals surface area (Å²) < 4.78 is 43.9. The molecule has 1 atom stereocenters. The fraction of sp³-hybridized carbons (Fsp3) is 0.333. The Hall–Kier alpha value is -2.29. The molecule has 1 heterocycles. The fourth-order valence-electron chi connectivity index (χ4n) is 3.05. The molecule has 2 aromatic rings. The molecule has 3 rings (SSSR count). The zero-order valence-electron chi connectivity index (χ0n) is 14.8. The Kier molecular flexibility index (Phi) is 4.83. The van der Waals surface area contributed by atoms with Crippen molar-refractivity contribution < 1.29 is 27.3 Å². The topological polar surface area (TPSA) is 85.3 Å². The molecule has 26 heavy (non-hydrogen) atoms. The Morgan fingerprint density at radius 3 is 2.50 bits per heavy atom. The minimum absolute atomic E-state index is 0.0832. The lowest BCUT2D eigenvalue weighted by atomic mass is 10.0. The third-order valence-electron chi connectivity index (χ3n) is 4.24. The summed E-state index contributed by atoms with van der Waals surface area (Å²) in [6.07, 6.45) is 0.335. The molecular weight excluding hydrogens is 358 g/mol. The molecule has 2 aromatic carbocycles. The molecule has 0 saturated carbocycles. The van der Waals surface area contributed by atoms with E-state index >= 15 is 0 Å². The van der Waals surface area contributed by atoms with Crippen LogP contribution in [-0.2, 0) is 16.5 Å². The quantitative estimate of drug-likeness (QED) is 0.800. The van der Waals surface area contributed by atoms with Gasteiger partial charge in [0, 0.05) is 13.0 Å². The molecule has 140 valence electrons. The SMILES string of the molecule is CCN1Oc2ccccc2O[C@]1(C)Cc1ccc(OC)c(S(=O)(=O)O)c1. The maximum absolute atomic E-state index is 11.6. The molecule has 0 aromatic heterocycles. The molecule has 0 amide bonds. The van der Waals surface area contributed by atoms with E-state index in [2.05, 4.69) is 0 Å². The highest BCUT2D eigenvalue weighted by atomic mass is 32.2. The van der Waals surface area contributed by atoms with Crippen LogP contribution in [0.5, 0.6) is 17.2 Å². The van der Waals surface area contributed by atoms with E-state index in [0.29, 0.717) is 30.0 Å². The van der Waals surface area contributed by atoms with Gasteiger partial charge in [0.15, 0.2) is 17.2 Å². The third-order valence-corrected chi connectivity index (χ3v) is 5.12. The molecule has 0 unspecified atom stereocenters.